The summed E-state index contributed by atoms with van der Waals surface area (Å²) in [6.07, 6.45) is 0. The topological polar surface area (TPSA) is 65.8 Å². The SMILES string of the molecule is CNCc1cc(S(=O)(=O)N2CCN(C)C(C)(C)C2)c(C)o1. The summed E-state index contributed by atoms with van der Waals surface area (Å²) in [7, 11) is 0.327. The number of hydrogen-bond acceptors (Lipinski definition) is 5. The number of rotatable bonds is 4. The lowest BCUT2D eigenvalue weighted by atomic mass is 10.0. The van der Waals surface area contributed by atoms with Gasteiger partial charge in [-0.15, -0.1) is 0 Å². The average Bonchev–Trinajstić information content (AvgIpc) is 2.74. The van der Waals surface area contributed by atoms with Crippen molar-refractivity contribution in [2.75, 3.05) is 33.7 Å². The Hall–Kier alpha value is -0.890. The number of nitrogens with zero attached hydrogens (tertiary/aromatic N) is 2. The molecule has 0 unspecified atom stereocenters. The largest absolute Gasteiger partial charge is 0.464 e. The Morgan fingerprint density at radius 3 is 2.62 bits per heavy atom. The van der Waals surface area contributed by atoms with Crippen LogP contribution in [0.5, 0.6) is 0 Å². The summed E-state index contributed by atoms with van der Waals surface area (Å²) < 4.78 is 32.8. The average molecular weight is 315 g/mol. The maximum absolute atomic E-state index is 12.8. The zero-order valence-corrected chi connectivity index (χ0v) is 14.2. The number of furan rings is 1. The van der Waals surface area contributed by atoms with Crippen LogP contribution in [0.2, 0.25) is 0 Å². The second-order valence-corrected chi connectivity index (χ2v) is 8.14. The molecule has 1 saturated heterocycles. The van der Waals surface area contributed by atoms with Crippen LogP contribution in [0.4, 0.5) is 0 Å². The van der Waals surface area contributed by atoms with Gasteiger partial charge in [0.15, 0.2) is 0 Å². The van der Waals surface area contributed by atoms with Crippen molar-refractivity contribution in [3.8, 4) is 0 Å². The Labute approximate surface area is 127 Å². The quantitative estimate of drug-likeness (QED) is 0.899. The molecule has 1 aliphatic heterocycles. The van der Waals surface area contributed by atoms with Crippen molar-refractivity contribution in [1.82, 2.24) is 14.5 Å². The summed E-state index contributed by atoms with van der Waals surface area (Å²) in [6.45, 7) is 8.06. The lowest BCUT2D eigenvalue weighted by Gasteiger charge is -2.44. The third-order valence-corrected chi connectivity index (χ3v) is 6.13. The van der Waals surface area contributed by atoms with Crippen LogP contribution in [0.25, 0.3) is 0 Å². The highest BCUT2D eigenvalue weighted by Crippen LogP contribution is 2.28. The Balaban J connectivity index is 2.30. The molecule has 7 heteroatoms. The predicted octanol–water partition coefficient (Wildman–Crippen LogP) is 1.02. The summed E-state index contributed by atoms with van der Waals surface area (Å²) in [4.78, 5) is 2.47. The van der Waals surface area contributed by atoms with E-state index in [-0.39, 0.29) is 10.4 Å². The van der Waals surface area contributed by atoms with Crippen LogP contribution < -0.4 is 5.32 Å². The number of piperazine rings is 1. The third kappa shape index (κ3) is 3.15. The van der Waals surface area contributed by atoms with E-state index in [0.717, 1.165) is 6.54 Å². The van der Waals surface area contributed by atoms with Crippen molar-refractivity contribution in [2.45, 2.75) is 37.8 Å². The fraction of sp³-hybridized carbons (Fsp3) is 0.714. The van der Waals surface area contributed by atoms with Crippen molar-refractivity contribution in [3.05, 3.63) is 17.6 Å². The van der Waals surface area contributed by atoms with Crippen LogP contribution in [0.15, 0.2) is 15.4 Å². The van der Waals surface area contributed by atoms with Gasteiger partial charge in [0.1, 0.15) is 16.4 Å². The third-order valence-electron chi connectivity index (χ3n) is 4.17. The van der Waals surface area contributed by atoms with E-state index in [9.17, 15) is 8.42 Å². The minimum Gasteiger partial charge on any atom is -0.464 e. The maximum Gasteiger partial charge on any atom is 0.246 e. The summed E-state index contributed by atoms with van der Waals surface area (Å²) in [6, 6.07) is 1.63. The van der Waals surface area contributed by atoms with E-state index in [1.807, 2.05) is 7.05 Å². The summed E-state index contributed by atoms with van der Waals surface area (Å²) in [5.74, 6) is 1.10. The van der Waals surface area contributed by atoms with E-state index < -0.39 is 10.0 Å². The molecule has 1 N–H and O–H groups in total. The molecule has 0 aromatic carbocycles. The second-order valence-electron chi connectivity index (χ2n) is 6.24. The summed E-state index contributed by atoms with van der Waals surface area (Å²) in [5.41, 5.74) is -0.170. The number of nitrogens with one attached hydrogen (secondary N) is 1. The second kappa shape index (κ2) is 5.72. The maximum atomic E-state index is 12.8. The van der Waals surface area contributed by atoms with Gasteiger partial charge in [-0.1, -0.05) is 0 Å². The molecule has 21 heavy (non-hydrogen) atoms. The summed E-state index contributed by atoms with van der Waals surface area (Å²) in [5, 5.41) is 2.97. The molecule has 1 aliphatic rings. The molecule has 1 aromatic rings. The highest BCUT2D eigenvalue weighted by atomic mass is 32.2. The van der Waals surface area contributed by atoms with Gasteiger partial charge in [-0.2, -0.15) is 4.31 Å². The van der Waals surface area contributed by atoms with Gasteiger partial charge in [-0.25, -0.2) is 8.42 Å². The molecule has 0 aliphatic carbocycles. The van der Waals surface area contributed by atoms with Crippen LogP contribution in [0.3, 0.4) is 0 Å². The molecule has 120 valence electrons. The van der Waals surface area contributed by atoms with Crippen LogP contribution >= 0.6 is 0 Å². The molecule has 0 atom stereocenters. The van der Waals surface area contributed by atoms with Gasteiger partial charge in [0.25, 0.3) is 0 Å². The van der Waals surface area contributed by atoms with E-state index in [2.05, 4.69) is 24.1 Å². The van der Waals surface area contributed by atoms with Crippen LogP contribution in [-0.4, -0.2) is 56.9 Å². The predicted molar refractivity (Wildman–Crippen MR) is 81.7 cm³/mol. The van der Waals surface area contributed by atoms with Gasteiger partial charge in [0.2, 0.25) is 10.0 Å². The van der Waals surface area contributed by atoms with Crippen LogP contribution in [-0.2, 0) is 16.6 Å². The van der Waals surface area contributed by atoms with Crippen molar-refractivity contribution in [2.24, 2.45) is 0 Å². The lowest BCUT2D eigenvalue weighted by Crippen LogP contribution is -2.58. The van der Waals surface area contributed by atoms with E-state index in [1.165, 1.54) is 0 Å². The molecule has 2 rings (SSSR count). The molecule has 0 saturated carbocycles. The molecule has 1 fully saturated rings. The molecular weight excluding hydrogens is 290 g/mol. The molecule has 6 nitrogen and oxygen atoms in total. The van der Waals surface area contributed by atoms with Crippen LogP contribution in [0.1, 0.15) is 25.4 Å². The normalized spacial score (nSPS) is 20.8. The van der Waals surface area contributed by atoms with Gasteiger partial charge in [0, 0.05) is 31.2 Å². The van der Waals surface area contributed by atoms with E-state index >= 15 is 0 Å². The number of aryl methyl sites for hydroxylation is 1. The minimum atomic E-state index is -3.50. The molecule has 0 spiro atoms. The Morgan fingerprint density at radius 1 is 1.38 bits per heavy atom. The number of sulfonamides is 1. The molecule has 1 aromatic heterocycles. The minimum absolute atomic E-state index is 0.170. The first kappa shape index (κ1) is 16.5. The molecule has 0 bridgehead atoms. The smallest absolute Gasteiger partial charge is 0.246 e. The fourth-order valence-electron chi connectivity index (χ4n) is 2.58. The van der Waals surface area contributed by atoms with Gasteiger partial charge in [0.05, 0.1) is 6.54 Å². The molecular formula is C14H25N3O3S. The highest BCUT2D eigenvalue weighted by molar-refractivity contribution is 7.89. The lowest BCUT2D eigenvalue weighted by molar-refractivity contribution is 0.0801. The van der Waals surface area contributed by atoms with Crippen molar-refractivity contribution < 1.29 is 12.8 Å². The molecule has 2 heterocycles. The van der Waals surface area contributed by atoms with Crippen molar-refractivity contribution in [1.29, 1.82) is 0 Å². The Bertz CT molecular complexity index is 607. The first-order chi connectivity index (χ1) is 9.68. The monoisotopic (exact) mass is 315 g/mol. The number of hydrogen-bond donors (Lipinski definition) is 1. The highest BCUT2D eigenvalue weighted by Gasteiger charge is 2.38. The van der Waals surface area contributed by atoms with Crippen molar-refractivity contribution >= 4 is 10.0 Å². The summed E-state index contributed by atoms with van der Waals surface area (Å²) >= 11 is 0. The van der Waals surface area contributed by atoms with Gasteiger partial charge in [-0.3, -0.25) is 4.90 Å². The van der Waals surface area contributed by atoms with E-state index in [4.69, 9.17) is 4.42 Å². The zero-order chi connectivity index (χ0) is 15.8. The van der Waals surface area contributed by atoms with Gasteiger partial charge < -0.3 is 9.73 Å². The van der Waals surface area contributed by atoms with Crippen LogP contribution in [0, 0.1) is 6.92 Å². The standard InChI is InChI=1S/C14H25N3O3S/c1-11-13(8-12(20-11)9-15-4)21(18,19)17-7-6-16(5)14(2,3)10-17/h8,15H,6-7,9-10H2,1-5H3. The first-order valence-corrected chi connectivity index (χ1v) is 8.58. The zero-order valence-electron chi connectivity index (χ0n) is 13.4. The van der Waals surface area contributed by atoms with E-state index in [0.29, 0.717) is 31.2 Å². The van der Waals surface area contributed by atoms with Gasteiger partial charge in [-0.05, 0) is 34.9 Å². The van der Waals surface area contributed by atoms with E-state index in [1.54, 1.807) is 24.3 Å². The number of likely N-dealkylation sites (N-methyl/N-ethyl adjacent to an activating group) is 1. The Kier molecular flexibility index (Phi) is 4.49. The van der Waals surface area contributed by atoms with Crippen molar-refractivity contribution in [3.63, 3.8) is 0 Å². The fourth-order valence-corrected chi connectivity index (χ4v) is 4.35. The molecule has 0 radical (unpaired) electrons. The first-order valence-electron chi connectivity index (χ1n) is 7.14. The molecule has 0 amide bonds. The van der Waals surface area contributed by atoms with Gasteiger partial charge >= 0.3 is 0 Å². The Morgan fingerprint density at radius 2 is 2.05 bits per heavy atom.